The molecule has 0 spiro atoms. The summed E-state index contributed by atoms with van der Waals surface area (Å²) in [6.07, 6.45) is 0. The van der Waals surface area contributed by atoms with E-state index in [2.05, 4.69) is 0 Å². The molecule has 0 aliphatic carbocycles. The van der Waals surface area contributed by atoms with Gasteiger partial charge >= 0.3 is 0 Å². The molecule has 0 bridgehead atoms. The van der Waals surface area contributed by atoms with Gasteiger partial charge in [-0.25, -0.2) is 13.6 Å². The van der Waals surface area contributed by atoms with E-state index in [0.717, 1.165) is 0 Å². The lowest BCUT2D eigenvalue weighted by Crippen LogP contribution is -2.25. The molecule has 0 saturated carbocycles. The third-order valence-corrected chi connectivity index (χ3v) is 3.43. The third-order valence-electron chi connectivity index (χ3n) is 2.40. The van der Waals surface area contributed by atoms with Crippen LogP contribution in [0, 0.1) is 16.0 Å². The second-order valence-corrected chi connectivity index (χ2v) is 6.00. The quantitative estimate of drug-likeness (QED) is 0.590. The number of primary sulfonamides is 1. The van der Waals surface area contributed by atoms with Crippen LogP contribution in [0.25, 0.3) is 0 Å². The minimum atomic E-state index is -3.56. The Morgan fingerprint density at radius 2 is 2.05 bits per heavy atom. The maximum atomic E-state index is 10.9. The van der Waals surface area contributed by atoms with Crippen LogP contribution in [-0.2, 0) is 10.0 Å². The Morgan fingerprint density at radius 1 is 1.40 bits per heavy atom. The molecule has 0 aliphatic rings. The van der Waals surface area contributed by atoms with E-state index in [1.165, 1.54) is 25.3 Å². The van der Waals surface area contributed by atoms with Gasteiger partial charge in [-0.15, -0.1) is 0 Å². The van der Waals surface area contributed by atoms with Crippen LogP contribution in [0.5, 0.6) is 11.5 Å². The molecule has 2 N–H and O–H groups in total. The number of nitro groups is 1. The molecule has 0 amide bonds. The fourth-order valence-corrected chi connectivity index (χ4v) is 2.46. The Labute approximate surface area is 116 Å². The fraction of sp³-hybridized carbons (Fsp3) is 0.455. The average molecular weight is 304 g/mol. The molecule has 0 radical (unpaired) electrons. The molecule has 8 nitrogen and oxygen atoms in total. The SMILES string of the molecule is COc1cc([N+](=O)[O-])ccc1OCC(C)CS(N)(=O)=O. The maximum Gasteiger partial charge on any atom is 0.273 e. The maximum absolute atomic E-state index is 10.9. The number of ether oxygens (including phenoxy) is 2. The van der Waals surface area contributed by atoms with Gasteiger partial charge in [-0.05, 0) is 6.07 Å². The molecule has 0 fully saturated rings. The van der Waals surface area contributed by atoms with Crippen molar-refractivity contribution < 1.29 is 22.8 Å². The molecule has 112 valence electrons. The number of hydrogen-bond acceptors (Lipinski definition) is 6. The molecule has 20 heavy (non-hydrogen) atoms. The summed E-state index contributed by atoms with van der Waals surface area (Å²) in [5.41, 5.74) is -0.119. The van der Waals surface area contributed by atoms with E-state index in [9.17, 15) is 18.5 Å². The fourth-order valence-electron chi connectivity index (χ4n) is 1.57. The lowest BCUT2D eigenvalue weighted by Gasteiger charge is -2.14. The van der Waals surface area contributed by atoms with Crippen molar-refractivity contribution >= 4 is 15.7 Å². The minimum absolute atomic E-state index is 0.102. The largest absolute Gasteiger partial charge is 0.493 e. The van der Waals surface area contributed by atoms with Crippen LogP contribution in [0.3, 0.4) is 0 Å². The zero-order valence-electron chi connectivity index (χ0n) is 11.1. The number of methoxy groups -OCH3 is 1. The van der Waals surface area contributed by atoms with Crippen LogP contribution in [-0.4, -0.2) is 32.8 Å². The van der Waals surface area contributed by atoms with E-state index in [1.807, 2.05) is 0 Å². The number of rotatable bonds is 7. The van der Waals surface area contributed by atoms with Gasteiger partial charge in [-0.2, -0.15) is 0 Å². The number of nitro benzene ring substituents is 1. The molecular weight excluding hydrogens is 288 g/mol. The van der Waals surface area contributed by atoms with Gasteiger partial charge in [-0.3, -0.25) is 10.1 Å². The number of benzene rings is 1. The molecule has 1 aromatic rings. The highest BCUT2D eigenvalue weighted by Crippen LogP contribution is 2.31. The molecule has 0 aromatic heterocycles. The predicted molar refractivity (Wildman–Crippen MR) is 72.3 cm³/mol. The van der Waals surface area contributed by atoms with Gasteiger partial charge in [0, 0.05) is 12.0 Å². The van der Waals surface area contributed by atoms with Gasteiger partial charge < -0.3 is 9.47 Å². The van der Waals surface area contributed by atoms with Crippen molar-refractivity contribution in [3.05, 3.63) is 28.3 Å². The van der Waals surface area contributed by atoms with E-state index in [4.69, 9.17) is 14.6 Å². The highest BCUT2D eigenvalue weighted by molar-refractivity contribution is 7.89. The van der Waals surface area contributed by atoms with Gasteiger partial charge in [0.1, 0.15) is 0 Å². The minimum Gasteiger partial charge on any atom is -0.493 e. The highest BCUT2D eigenvalue weighted by Gasteiger charge is 2.15. The summed E-state index contributed by atoms with van der Waals surface area (Å²) < 4.78 is 32.2. The van der Waals surface area contributed by atoms with Crippen molar-refractivity contribution in [1.29, 1.82) is 0 Å². The van der Waals surface area contributed by atoms with Gasteiger partial charge in [-0.1, -0.05) is 6.92 Å². The number of hydrogen-bond donors (Lipinski definition) is 1. The summed E-state index contributed by atoms with van der Waals surface area (Å²) in [6, 6.07) is 3.92. The molecule has 0 heterocycles. The van der Waals surface area contributed by atoms with Crippen molar-refractivity contribution in [2.45, 2.75) is 6.92 Å². The van der Waals surface area contributed by atoms with Gasteiger partial charge in [0.15, 0.2) is 11.5 Å². The second kappa shape index (κ2) is 6.53. The first-order chi connectivity index (χ1) is 9.23. The Hall–Kier alpha value is -1.87. The first-order valence-corrected chi connectivity index (χ1v) is 7.40. The van der Waals surface area contributed by atoms with Gasteiger partial charge in [0.25, 0.3) is 5.69 Å². The number of sulfonamides is 1. The normalized spacial score (nSPS) is 12.8. The molecule has 1 unspecified atom stereocenters. The Bertz CT molecular complexity index is 587. The van der Waals surface area contributed by atoms with Crippen LogP contribution in [0.2, 0.25) is 0 Å². The van der Waals surface area contributed by atoms with Crippen LogP contribution < -0.4 is 14.6 Å². The van der Waals surface area contributed by atoms with Crippen molar-refractivity contribution in [3.63, 3.8) is 0 Å². The number of nitrogens with zero attached hydrogens (tertiary/aromatic N) is 1. The van der Waals surface area contributed by atoms with Crippen molar-refractivity contribution in [3.8, 4) is 11.5 Å². The van der Waals surface area contributed by atoms with Crippen LogP contribution in [0.1, 0.15) is 6.92 Å². The summed E-state index contributed by atoms with van der Waals surface area (Å²) >= 11 is 0. The zero-order valence-corrected chi connectivity index (χ0v) is 11.9. The number of nitrogens with two attached hydrogens (primary N) is 1. The molecule has 0 saturated heterocycles. The highest BCUT2D eigenvalue weighted by atomic mass is 32.2. The topological polar surface area (TPSA) is 122 Å². The van der Waals surface area contributed by atoms with E-state index in [0.29, 0.717) is 5.75 Å². The Balaban J connectivity index is 2.75. The van der Waals surface area contributed by atoms with Gasteiger partial charge in [0.2, 0.25) is 10.0 Å². The second-order valence-electron chi connectivity index (χ2n) is 4.34. The average Bonchev–Trinajstić information content (AvgIpc) is 2.33. The summed E-state index contributed by atoms with van der Waals surface area (Å²) in [6.45, 7) is 1.77. The summed E-state index contributed by atoms with van der Waals surface area (Å²) in [5, 5.41) is 15.6. The van der Waals surface area contributed by atoms with Crippen molar-refractivity contribution in [1.82, 2.24) is 0 Å². The zero-order chi connectivity index (χ0) is 15.3. The molecule has 1 atom stereocenters. The van der Waals surface area contributed by atoms with Crippen LogP contribution >= 0.6 is 0 Å². The van der Waals surface area contributed by atoms with E-state index in [1.54, 1.807) is 6.92 Å². The molecule has 0 aliphatic heterocycles. The molecule has 1 rings (SSSR count). The van der Waals surface area contributed by atoms with Crippen molar-refractivity contribution in [2.24, 2.45) is 11.1 Å². The summed E-state index contributed by atoms with van der Waals surface area (Å²) in [7, 11) is -2.20. The monoisotopic (exact) mass is 304 g/mol. The van der Waals surface area contributed by atoms with E-state index >= 15 is 0 Å². The Kier molecular flexibility index (Phi) is 5.28. The first-order valence-electron chi connectivity index (χ1n) is 5.68. The lowest BCUT2D eigenvalue weighted by atomic mass is 10.2. The molecular formula is C11H16N2O6S. The van der Waals surface area contributed by atoms with E-state index < -0.39 is 14.9 Å². The predicted octanol–water partition coefficient (Wildman–Crippen LogP) is 0.907. The first kappa shape index (κ1) is 16.2. The van der Waals surface area contributed by atoms with Gasteiger partial charge in [0.05, 0.1) is 30.5 Å². The number of non-ortho nitro benzene ring substituents is 1. The molecule has 1 aromatic carbocycles. The molecule has 9 heteroatoms. The summed E-state index contributed by atoms with van der Waals surface area (Å²) in [4.78, 5) is 10.1. The summed E-state index contributed by atoms with van der Waals surface area (Å²) in [5.74, 6) is -0.00580. The van der Waals surface area contributed by atoms with E-state index in [-0.39, 0.29) is 29.7 Å². The Morgan fingerprint density at radius 3 is 2.55 bits per heavy atom. The van der Waals surface area contributed by atoms with Crippen LogP contribution in [0.15, 0.2) is 18.2 Å². The standard InChI is InChI=1S/C11H16N2O6S/c1-8(7-20(12,16)17)6-19-10-4-3-9(13(14)15)5-11(10)18-2/h3-5,8H,6-7H2,1-2H3,(H2,12,16,17). The van der Waals surface area contributed by atoms with Crippen LogP contribution in [0.4, 0.5) is 5.69 Å². The third kappa shape index (κ3) is 5.02. The van der Waals surface area contributed by atoms with Crippen molar-refractivity contribution in [2.75, 3.05) is 19.5 Å². The smallest absolute Gasteiger partial charge is 0.273 e. The lowest BCUT2D eigenvalue weighted by molar-refractivity contribution is -0.385.